The lowest BCUT2D eigenvalue weighted by Crippen LogP contribution is -2.30. The largest absolute Gasteiger partial charge is 0.494 e. The number of esters is 1. The minimum absolute atomic E-state index is 0.140. The summed E-state index contributed by atoms with van der Waals surface area (Å²) < 4.78 is 11.4. The highest BCUT2D eigenvalue weighted by atomic mass is 16.6. The van der Waals surface area contributed by atoms with Crippen LogP contribution in [-0.4, -0.2) is 42.3 Å². The molecule has 2 aromatic carbocycles. The van der Waals surface area contributed by atoms with Crippen LogP contribution in [0.4, 0.5) is 0 Å². The molecule has 2 aromatic rings. The van der Waals surface area contributed by atoms with Crippen molar-refractivity contribution in [3.05, 3.63) is 65.7 Å². The molecule has 0 aliphatic heterocycles. The topological polar surface area (TPSA) is 84.9 Å². The van der Waals surface area contributed by atoms with Crippen LogP contribution >= 0.6 is 0 Å². The summed E-state index contributed by atoms with van der Waals surface area (Å²) >= 11 is 0. The van der Waals surface area contributed by atoms with Crippen LogP contribution in [0.5, 0.6) is 5.75 Å². The van der Waals surface area contributed by atoms with Crippen molar-refractivity contribution in [2.24, 2.45) is 0 Å². The molecule has 1 atom stereocenters. The van der Waals surface area contributed by atoms with Gasteiger partial charge < -0.3 is 19.9 Å². The number of aliphatic carboxylic acids is 1. The molecule has 6 heteroatoms. The van der Waals surface area contributed by atoms with Gasteiger partial charge in [0.25, 0.3) is 0 Å². The Morgan fingerprint density at radius 3 is 2.30 bits per heavy atom. The van der Waals surface area contributed by atoms with Crippen LogP contribution in [0.2, 0.25) is 0 Å². The lowest BCUT2D eigenvalue weighted by molar-refractivity contribution is -0.156. The molecule has 33 heavy (non-hydrogen) atoms. The molecule has 0 bridgehead atoms. The van der Waals surface area contributed by atoms with Gasteiger partial charge in [0.05, 0.1) is 19.1 Å². The summed E-state index contributed by atoms with van der Waals surface area (Å²) in [6.07, 6.45) is 4.77. The van der Waals surface area contributed by atoms with Gasteiger partial charge in [0.2, 0.25) is 0 Å². The van der Waals surface area contributed by atoms with Crippen molar-refractivity contribution < 1.29 is 24.2 Å². The molecular weight excluding hydrogens is 418 g/mol. The second-order valence-electron chi connectivity index (χ2n) is 9.16. The Bertz CT molecular complexity index is 843. The Kier molecular flexibility index (Phi) is 10.9. The quantitative estimate of drug-likeness (QED) is 0.309. The fraction of sp³-hybridized carbons (Fsp3) is 0.481. The number of ether oxygens (including phenoxy) is 2. The zero-order chi connectivity index (χ0) is 24.1. The van der Waals surface area contributed by atoms with E-state index in [0.717, 1.165) is 37.0 Å². The third-order valence-electron chi connectivity index (χ3n) is 5.08. The van der Waals surface area contributed by atoms with Gasteiger partial charge in [-0.2, -0.15) is 0 Å². The average molecular weight is 456 g/mol. The Hall–Kier alpha value is -2.86. The molecule has 0 spiro atoms. The molecule has 1 unspecified atom stereocenters. The number of benzene rings is 2. The summed E-state index contributed by atoms with van der Waals surface area (Å²) in [5.41, 5.74) is 1.61. The van der Waals surface area contributed by atoms with Gasteiger partial charge >= 0.3 is 11.9 Å². The molecule has 2 N–H and O–H groups in total. The van der Waals surface area contributed by atoms with E-state index in [4.69, 9.17) is 14.6 Å². The monoisotopic (exact) mass is 455 g/mol. The van der Waals surface area contributed by atoms with Crippen LogP contribution < -0.4 is 10.1 Å². The number of rotatable bonds is 14. The normalized spacial score (nSPS) is 12.2. The third-order valence-corrected chi connectivity index (χ3v) is 5.08. The first kappa shape index (κ1) is 26.4. The highest BCUT2D eigenvalue weighted by molar-refractivity contribution is 5.78. The third kappa shape index (κ3) is 11.0. The fourth-order valence-corrected chi connectivity index (χ4v) is 3.47. The van der Waals surface area contributed by atoms with Gasteiger partial charge in [-0.05, 0) is 82.7 Å². The Balaban J connectivity index is 1.82. The van der Waals surface area contributed by atoms with Gasteiger partial charge in [0, 0.05) is 0 Å². The second-order valence-corrected chi connectivity index (χ2v) is 9.16. The molecule has 6 nitrogen and oxygen atoms in total. The number of carboxylic acid groups (broad SMARTS) is 1. The number of unbranched alkanes of at least 4 members (excludes halogenated alkanes) is 2. The van der Waals surface area contributed by atoms with E-state index < -0.39 is 17.5 Å². The summed E-state index contributed by atoms with van der Waals surface area (Å²) in [7, 11) is 0. The molecular formula is C27H37NO5. The first-order valence-corrected chi connectivity index (χ1v) is 11.7. The van der Waals surface area contributed by atoms with Gasteiger partial charge in [-0.25, -0.2) is 0 Å². The second kappa shape index (κ2) is 13.6. The molecule has 0 aromatic heterocycles. The Labute approximate surface area is 197 Å². The maximum Gasteiger partial charge on any atom is 0.317 e. The summed E-state index contributed by atoms with van der Waals surface area (Å²) in [5.74, 6) is -0.941. The Morgan fingerprint density at radius 1 is 0.970 bits per heavy atom. The molecule has 0 saturated heterocycles. The SMILES string of the molecule is CC(C)(C)OC(=O)C(CCNCC(=O)O)c1ccc(OCCCCCc2ccccc2)cc1. The first-order valence-electron chi connectivity index (χ1n) is 11.7. The highest BCUT2D eigenvalue weighted by Crippen LogP contribution is 2.26. The standard InChI is InChI=1S/C27H37NO5/c1-27(2,3)33-26(31)24(17-18-28-20-25(29)30)22-13-15-23(16-14-22)32-19-9-5-8-12-21-10-6-4-7-11-21/h4,6-7,10-11,13-16,24,28H,5,8-9,12,17-20H2,1-3H3,(H,29,30). The van der Waals surface area contributed by atoms with Gasteiger partial charge in [-0.3, -0.25) is 9.59 Å². The van der Waals surface area contributed by atoms with E-state index >= 15 is 0 Å². The maximum absolute atomic E-state index is 12.7. The van der Waals surface area contributed by atoms with E-state index in [0.29, 0.717) is 19.6 Å². The Morgan fingerprint density at radius 2 is 1.67 bits per heavy atom. The zero-order valence-corrected chi connectivity index (χ0v) is 20.0. The van der Waals surface area contributed by atoms with Gasteiger partial charge in [0.1, 0.15) is 11.4 Å². The van der Waals surface area contributed by atoms with Gasteiger partial charge in [0.15, 0.2) is 0 Å². The van der Waals surface area contributed by atoms with Gasteiger partial charge in [-0.15, -0.1) is 0 Å². The minimum Gasteiger partial charge on any atom is -0.494 e. The lowest BCUT2D eigenvalue weighted by Gasteiger charge is -2.24. The zero-order valence-electron chi connectivity index (χ0n) is 20.0. The van der Waals surface area contributed by atoms with Crippen molar-refractivity contribution in [2.75, 3.05) is 19.7 Å². The van der Waals surface area contributed by atoms with E-state index in [1.807, 2.05) is 51.1 Å². The maximum atomic E-state index is 12.7. The van der Waals surface area contributed by atoms with E-state index in [-0.39, 0.29) is 12.5 Å². The summed E-state index contributed by atoms with van der Waals surface area (Å²) in [4.78, 5) is 23.5. The van der Waals surface area contributed by atoms with Crippen molar-refractivity contribution in [2.45, 2.75) is 64.4 Å². The van der Waals surface area contributed by atoms with Crippen molar-refractivity contribution in [3.63, 3.8) is 0 Å². The van der Waals surface area contributed by atoms with Crippen molar-refractivity contribution in [1.82, 2.24) is 5.32 Å². The summed E-state index contributed by atoms with van der Waals surface area (Å²) in [5, 5.41) is 11.6. The molecule has 0 aliphatic carbocycles. The molecule has 0 fully saturated rings. The average Bonchev–Trinajstić information content (AvgIpc) is 2.76. The number of hydrogen-bond donors (Lipinski definition) is 2. The van der Waals surface area contributed by atoms with E-state index in [1.165, 1.54) is 5.56 Å². The number of carboxylic acids is 1. The minimum atomic E-state index is -0.926. The number of hydrogen-bond acceptors (Lipinski definition) is 5. The van der Waals surface area contributed by atoms with E-state index in [1.54, 1.807) is 0 Å². The summed E-state index contributed by atoms with van der Waals surface area (Å²) in [6.45, 7) is 6.42. The number of carbonyl (C=O) groups is 2. The number of carbonyl (C=O) groups excluding carboxylic acids is 1. The molecule has 0 radical (unpaired) electrons. The predicted molar refractivity (Wildman–Crippen MR) is 130 cm³/mol. The van der Waals surface area contributed by atoms with Crippen LogP contribution in [0.25, 0.3) is 0 Å². The number of nitrogens with one attached hydrogen (secondary N) is 1. The van der Waals surface area contributed by atoms with Crippen molar-refractivity contribution in [1.29, 1.82) is 0 Å². The van der Waals surface area contributed by atoms with Crippen molar-refractivity contribution >= 4 is 11.9 Å². The molecule has 0 amide bonds. The molecule has 0 saturated carbocycles. The molecule has 0 heterocycles. The fourth-order valence-electron chi connectivity index (χ4n) is 3.47. The molecule has 2 rings (SSSR count). The smallest absolute Gasteiger partial charge is 0.317 e. The van der Waals surface area contributed by atoms with Gasteiger partial charge in [-0.1, -0.05) is 42.5 Å². The highest BCUT2D eigenvalue weighted by Gasteiger charge is 2.26. The van der Waals surface area contributed by atoms with Crippen LogP contribution in [0.1, 0.15) is 63.5 Å². The van der Waals surface area contributed by atoms with Crippen molar-refractivity contribution in [3.8, 4) is 5.75 Å². The van der Waals surface area contributed by atoms with Crippen LogP contribution in [0.3, 0.4) is 0 Å². The van der Waals surface area contributed by atoms with E-state index in [9.17, 15) is 9.59 Å². The first-order chi connectivity index (χ1) is 15.7. The lowest BCUT2D eigenvalue weighted by atomic mass is 9.95. The number of aryl methyl sites for hydroxylation is 1. The van der Waals surface area contributed by atoms with Crippen LogP contribution in [0.15, 0.2) is 54.6 Å². The van der Waals surface area contributed by atoms with E-state index in [2.05, 4.69) is 29.6 Å². The predicted octanol–water partition coefficient (Wildman–Crippen LogP) is 4.97. The van der Waals surface area contributed by atoms with Crippen LogP contribution in [-0.2, 0) is 20.7 Å². The molecule has 180 valence electrons. The molecule has 0 aliphatic rings. The van der Waals surface area contributed by atoms with Crippen LogP contribution in [0, 0.1) is 0 Å². The summed E-state index contributed by atoms with van der Waals surface area (Å²) in [6, 6.07) is 18.0.